The van der Waals surface area contributed by atoms with E-state index < -0.39 is 0 Å². The number of H-pyrrole nitrogens is 1. The van der Waals surface area contributed by atoms with Gasteiger partial charge in [-0.3, -0.25) is 4.90 Å². The van der Waals surface area contributed by atoms with Crippen molar-refractivity contribution in [3.05, 3.63) is 78.2 Å². The van der Waals surface area contributed by atoms with Crippen LogP contribution in [-0.4, -0.2) is 52.6 Å². The predicted octanol–water partition coefficient (Wildman–Crippen LogP) is 4.38. The second-order valence-electron chi connectivity index (χ2n) is 8.25. The van der Waals surface area contributed by atoms with Gasteiger partial charge in [0.1, 0.15) is 5.75 Å². The lowest BCUT2D eigenvalue weighted by molar-refractivity contribution is 0.255. The van der Waals surface area contributed by atoms with Gasteiger partial charge in [-0.2, -0.15) is 5.26 Å². The Kier molecular flexibility index (Phi) is 6.18. The van der Waals surface area contributed by atoms with Gasteiger partial charge in [0.25, 0.3) is 0 Å². The lowest BCUT2D eigenvalue weighted by Gasteiger charge is -2.36. The van der Waals surface area contributed by atoms with Crippen molar-refractivity contribution in [2.75, 3.05) is 37.6 Å². The Hall–Kier alpha value is -3.89. The standard InChI is InChI=1S/C26H26N6O/c27-18-20-4-9-25-24(17-20)21(19-30-25)3-1-12-31-13-15-32(16-14-31)22-5-7-23(8-6-22)33-26-28-10-2-11-29-26/h2,4-11,17,19,30H,1,3,12-16H2. The topological polar surface area (TPSA) is 81.1 Å². The van der Waals surface area contributed by atoms with E-state index in [-0.39, 0.29) is 0 Å². The molecule has 0 unspecified atom stereocenters. The number of rotatable bonds is 7. The molecule has 1 aliphatic rings. The van der Waals surface area contributed by atoms with Gasteiger partial charge in [-0.25, -0.2) is 9.97 Å². The summed E-state index contributed by atoms with van der Waals surface area (Å²) in [5.74, 6) is 0.739. The third-order valence-electron chi connectivity index (χ3n) is 6.14. The molecular formula is C26H26N6O. The molecule has 1 aliphatic heterocycles. The van der Waals surface area contributed by atoms with Crippen molar-refractivity contribution in [2.24, 2.45) is 0 Å². The first-order chi connectivity index (χ1) is 16.3. The summed E-state index contributed by atoms with van der Waals surface area (Å²) in [6, 6.07) is 18.3. The van der Waals surface area contributed by atoms with E-state index in [0.717, 1.165) is 56.8 Å². The van der Waals surface area contributed by atoms with Gasteiger partial charge >= 0.3 is 6.01 Å². The summed E-state index contributed by atoms with van der Waals surface area (Å²) in [6.45, 7) is 5.23. The monoisotopic (exact) mass is 438 g/mol. The summed E-state index contributed by atoms with van der Waals surface area (Å²) in [6.07, 6.45) is 7.54. The molecule has 1 saturated heterocycles. The molecule has 0 aliphatic carbocycles. The van der Waals surface area contributed by atoms with Gasteiger partial charge in [-0.1, -0.05) is 0 Å². The van der Waals surface area contributed by atoms with Gasteiger partial charge in [0.2, 0.25) is 0 Å². The van der Waals surface area contributed by atoms with E-state index in [4.69, 9.17) is 10.00 Å². The van der Waals surface area contributed by atoms with E-state index >= 15 is 0 Å². The number of fused-ring (bicyclic) bond motifs is 1. The average molecular weight is 439 g/mol. The first kappa shape index (κ1) is 21.0. The summed E-state index contributed by atoms with van der Waals surface area (Å²) in [5.41, 5.74) is 4.32. The number of hydrogen-bond donors (Lipinski definition) is 1. The van der Waals surface area contributed by atoms with Crippen LogP contribution in [0.4, 0.5) is 5.69 Å². The van der Waals surface area contributed by atoms with Gasteiger partial charge in [0.15, 0.2) is 0 Å². The number of aromatic amines is 1. The molecule has 0 spiro atoms. The zero-order chi connectivity index (χ0) is 22.5. The molecule has 4 aromatic rings. The zero-order valence-corrected chi connectivity index (χ0v) is 18.4. The van der Waals surface area contributed by atoms with Crippen molar-refractivity contribution in [1.29, 1.82) is 5.26 Å². The van der Waals surface area contributed by atoms with Crippen LogP contribution in [0.1, 0.15) is 17.5 Å². The molecular weight excluding hydrogens is 412 g/mol. The van der Waals surface area contributed by atoms with Crippen LogP contribution in [0, 0.1) is 11.3 Å². The van der Waals surface area contributed by atoms with E-state index in [1.54, 1.807) is 18.5 Å². The fourth-order valence-corrected chi connectivity index (χ4v) is 4.35. The van der Waals surface area contributed by atoms with Gasteiger partial charge in [0, 0.05) is 61.4 Å². The minimum atomic E-state index is 0.358. The van der Waals surface area contributed by atoms with Crippen molar-refractivity contribution < 1.29 is 4.74 Å². The van der Waals surface area contributed by atoms with Crippen LogP contribution in [-0.2, 0) is 6.42 Å². The van der Waals surface area contributed by atoms with Crippen molar-refractivity contribution >= 4 is 16.6 Å². The maximum atomic E-state index is 9.17. The van der Waals surface area contributed by atoms with E-state index in [1.807, 2.05) is 30.3 Å². The van der Waals surface area contributed by atoms with E-state index in [9.17, 15) is 0 Å². The molecule has 3 heterocycles. The highest BCUT2D eigenvalue weighted by molar-refractivity contribution is 5.84. The van der Waals surface area contributed by atoms with E-state index in [1.165, 1.54) is 16.6 Å². The Morgan fingerprint density at radius 2 is 1.79 bits per heavy atom. The quantitative estimate of drug-likeness (QED) is 0.461. The van der Waals surface area contributed by atoms with Crippen LogP contribution in [0.15, 0.2) is 67.1 Å². The molecule has 7 heteroatoms. The first-order valence-electron chi connectivity index (χ1n) is 11.3. The number of benzene rings is 2. The maximum Gasteiger partial charge on any atom is 0.321 e. The number of nitrogens with one attached hydrogen (secondary N) is 1. The molecule has 0 amide bonds. The Bertz CT molecular complexity index is 1240. The summed E-state index contributed by atoms with van der Waals surface area (Å²) in [4.78, 5) is 16.5. The Balaban J connectivity index is 1.09. The normalized spacial score (nSPS) is 14.3. The summed E-state index contributed by atoms with van der Waals surface area (Å²) in [7, 11) is 0. The number of nitriles is 1. The lowest BCUT2D eigenvalue weighted by atomic mass is 10.1. The molecule has 33 heavy (non-hydrogen) atoms. The minimum Gasteiger partial charge on any atom is -0.424 e. The zero-order valence-electron chi connectivity index (χ0n) is 18.4. The number of aryl methyl sites for hydroxylation is 1. The molecule has 0 atom stereocenters. The Morgan fingerprint density at radius 1 is 1.00 bits per heavy atom. The van der Waals surface area contributed by atoms with Crippen LogP contribution in [0.2, 0.25) is 0 Å². The molecule has 0 bridgehead atoms. The van der Waals surface area contributed by atoms with E-state index in [2.05, 4.69) is 49.2 Å². The second-order valence-corrected chi connectivity index (χ2v) is 8.25. The lowest BCUT2D eigenvalue weighted by Crippen LogP contribution is -2.46. The molecule has 0 radical (unpaired) electrons. The number of nitrogens with zero attached hydrogens (tertiary/aromatic N) is 5. The largest absolute Gasteiger partial charge is 0.424 e. The fraction of sp³-hybridized carbons (Fsp3) is 0.269. The summed E-state index contributed by atoms with van der Waals surface area (Å²) < 4.78 is 5.69. The Labute approximate surface area is 193 Å². The summed E-state index contributed by atoms with van der Waals surface area (Å²) in [5, 5.41) is 10.3. The molecule has 166 valence electrons. The third-order valence-corrected chi connectivity index (χ3v) is 6.14. The van der Waals surface area contributed by atoms with Crippen molar-refractivity contribution in [3.63, 3.8) is 0 Å². The third kappa shape index (κ3) is 4.97. The molecule has 7 nitrogen and oxygen atoms in total. The molecule has 2 aromatic carbocycles. The van der Waals surface area contributed by atoms with Gasteiger partial charge in [-0.05, 0) is 73.5 Å². The predicted molar refractivity (Wildman–Crippen MR) is 129 cm³/mol. The SMILES string of the molecule is N#Cc1ccc2[nH]cc(CCCN3CCN(c4ccc(Oc5ncccn5)cc4)CC3)c2c1. The van der Waals surface area contributed by atoms with Crippen LogP contribution >= 0.6 is 0 Å². The fourth-order valence-electron chi connectivity index (χ4n) is 4.35. The highest BCUT2D eigenvalue weighted by Gasteiger charge is 2.17. The van der Waals surface area contributed by atoms with Crippen molar-refractivity contribution in [2.45, 2.75) is 12.8 Å². The van der Waals surface area contributed by atoms with Crippen LogP contribution in [0.5, 0.6) is 11.8 Å². The number of anilines is 1. The average Bonchev–Trinajstić information content (AvgIpc) is 3.28. The van der Waals surface area contributed by atoms with Crippen molar-refractivity contribution in [3.8, 4) is 17.8 Å². The Morgan fingerprint density at radius 3 is 2.55 bits per heavy atom. The second kappa shape index (κ2) is 9.72. The van der Waals surface area contributed by atoms with Crippen molar-refractivity contribution in [1.82, 2.24) is 19.9 Å². The number of piperazine rings is 1. The summed E-state index contributed by atoms with van der Waals surface area (Å²) >= 11 is 0. The smallest absolute Gasteiger partial charge is 0.321 e. The maximum absolute atomic E-state index is 9.17. The number of ether oxygens (including phenoxy) is 1. The number of hydrogen-bond acceptors (Lipinski definition) is 6. The molecule has 0 saturated carbocycles. The van der Waals surface area contributed by atoms with Crippen LogP contribution in [0.25, 0.3) is 10.9 Å². The first-order valence-corrected chi connectivity index (χ1v) is 11.3. The van der Waals surface area contributed by atoms with Crippen LogP contribution in [0.3, 0.4) is 0 Å². The van der Waals surface area contributed by atoms with E-state index in [0.29, 0.717) is 11.6 Å². The molecule has 1 fully saturated rings. The highest BCUT2D eigenvalue weighted by Crippen LogP contribution is 2.24. The number of aromatic nitrogens is 3. The minimum absolute atomic E-state index is 0.358. The van der Waals surface area contributed by atoms with Crippen LogP contribution < -0.4 is 9.64 Å². The van der Waals surface area contributed by atoms with Gasteiger partial charge < -0.3 is 14.6 Å². The molecule has 5 rings (SSSR count). The molecule has 1 N–H and O–H groups in total. The van der Waals surface area contributed by atoms with Gasteiger partial charge in [0.05, 0.1) is 11.6 Å². The van der Waals surface area contributed by atoms with Gasteiger partial charge in [-0.15, -0.1) is 0 Å². The highest BCUT2D eigenvalue weighted by atomic mass is 16.5. The molecule has 2 aromatic heterocycles.